The summed E-state index contributed by atoms with van der Waals surface area (Å²) in [4.78, 5) is 31.4. The molecule has 9 heteroatoms. The van der Waals surface area contributed by atoms with Gasteiger partial charge in [-0.25, -0.2) is 0 Å². The molecule has 156 valence electrons. The van der Waals surface area contributed by atoms with E-state index < -0.39 is 12.1 Å². The highest BCUT2D eigenvalue weighted by atomic mass is 19.4. The Kier molecular flexibility index (Phi) is 7.13. The fraction of sp³-hybridized carbons (Fsp3) is 0.889. The van der Waals surface area contributed by atoms with Gasteiger partial charge < -0.3 is 14.7 Å². The maximum Gasteiger partial charge on any atom is 0.471 e. The Morgan fingerprint density at radius 3 is 1.96 bits per heavy atom. The number of piperazine rings is 1. The van der Waals surface area contributed by atoms with Gasteiger partial charge in [-0.05, 0) is 40.8 Å². The van der Waals surface area contributed by atoms with E-state index in [0.29, 0.717) is 25.9 Å². The van der Waals surface area contributed by atoms with Gasteiger partial charge in [0.2, 0.25) is 5.91 Å². The number of carbonyl (C=O) groups excluding carboxylic acids is 2. The number of piperidine rings is 1. The number of nitrogens with zero attached hydrogens (tertiary/aromatic N) is 4. The predicted molar refractivity (Wildman–Crippen MR) is 96.1 cm³/mol. The molecule has 0 aliphatic carbocycles. The molecule has 2 saturated heterocycles. The second-order valence-electron chi connectivity index (χ2n) is 8.05. The first-order valence-electron chi connectivity index (χ1n) is 9.56. The van der Waals surface area contributed by atoms with Crippen LogP contribution in [0.5, 0.6) is 0 Å². The summed E-state index contributed by atoms with van der Waals surface area (Å²) in [5, 5.41) is 0. The van der Waals surface area contributed by atoms with Crippen molar-refractivity contribution in [1.29, 1.82) is 0 Å². The van der Waals surface area contributed by atoms with Crippen LogP contribution in [-0.4, -0.2) is 103 Å². The van der Waals surface area contributed by atoms with Crippen molar-refractivity contribution in [3.8, 4) is 0 Å². The molecule has 2 fully saturated rings. The summed E-state index contributed by atoms with van der Waals surface area (Å²) in [5.41, 5.74) is 0. The summed E-state index contributed by atoms with van der Waals surface area (Å²) in [7, 11) is 4.07. The van der Waals surface area contributed by atoms with E-state index >= 15 is 0 Å². The minimum absolute atomic E-state index is 0.0113. The van der Waals surface area contributed by atoms with Crippen LogP contribution in [-0.2, 0) is 9.59 Å². The molecule has 0 aromatic rings. The molecule has 2 atom stereocenters. The van der Waals surface area contributed by atoms with Crippen LogP contribution in [0.15, 0.2) is 0 Å². The Hall–Kier alpha value is -1.35. The molecule has 2 aliphatic heterocycles. The molecule has 0 spiro atoms. The molecule has 2 amide bonds. The highest BCUT2D eigenvalue weighted by Crippen LogP contribution is 2.26. The van der Waals surface area contributed by atoms with Crippen molar-refractivity contribution in [3.63, 3.8) is 0 Å². The third-order valence-electron chi connectivity index (χ3n) is 5.59. The molecule has 2 aliphatic rings. The van der Waals surface area contributed by atoms with Crippen LogP contribution in [0.1, 0.15) is 26.7 Å². The van der Waals surface area contributed by atoms with Crippen molar-refractivity contribution < 1.29 is 22.8 Å². The number of rotatable bonds is 4. The van der Waals surface area contributed by atoms with Crippen LogP contribution in [0.4, 0.5) is 13.2 Å². The van der Waals surface area contributed by atoms with E-state index in [-0.39, 0.29) is 37.0 Å². The van der Waals surface area contributed by atoms with Crippen LogP contribution < -0.4 is 0 Å². The number of alkyl halides is 3. The van der Waals surface area contributed by atoms with Crippen molar-refractivity contribution >= 4 is 11.8 Å². The van der Waals surface area contributed by atoms with Gasteiger partial charge in [0, 0.05) is 57.3 Å². The van der Waals surface area contributed by atoms with Gasteiger partial charge in [0.15, 0.2) is 0 Å². The van der Waals surface area contributed by atoms with E-state index in [1.165, 1.54) is 0 Å². The van der Waals surface area contributed by atoms with Crippen LogP contribution in [0.3, 0.4) is 0 Å². The molecule has 0 N–H and O–H groups in total. The Balaban J connectivity index is 1.88. The lowest BCUT2D eigenvalue weighted by Gasteiger charge is -2.46. The molecule has 0 saturated carbocycles. The number of carbonyl (C=O) groups is 2. The predicted octanol–water partition coefficient (Wildman–Crippen LogP) is 1.27. The number of amides is 2. The third kappa shape index (κ3) is 5.57. The van der Waals surface area contributed by atoms with Crippen molar-refractivity contribution in [3.05, 3.63) is 0 Å². The van der Waals surface area contributed by atoms with Gasteiger partial charge in [-0.1, -0.05) is 0 Å². The van der Waals surface area contributed by atoms with E-state index in [1.807, 2.05) is 19.0 Å². The van der Waals surface area contributed by atoms with Gasteiger partial charge in [0.25, 0.3) is 0 Å². The van der Waals surface area contributed by atoms with Crippen molar-refractivity contribution in [2.75, 3.05) is 53.4 Å². The Labute approximate surface area is 159 Å². The minimum Gasteiger partial charge on any atom is -0.339 e. The monoisotopic (exact) mass is 392 g/mol. The quantitative estimate of drug-likeness (QED) is 0.723. The Morgan fingerprint density at radius 2 is 1.52 bits per heavy atom. The largest absolute Gasteiger partial charge is 0.471 e. The summed E-state index contributed by atoms with van der Waals surface area (Å²) in [6, 6.07) is 0.481. The maximum absolute atomic E-state index is 12.9. The lowest BCUT2D eigenvalue weighted by atomic mass is 9.94. The summed E-state index contributed by atoms with van der Waals surface area (Å²) < 4.78 is 37.6. The number of likely N-dealkylation sites (N-methyl/N-ethyl adjacent to an activating group) is 1. The van der Waals surface area contributed by atoms with Crippen LogP contribution >= 0.6 is 0 Å². The zero-order valence-electron chi connectivity index (χ0n) is 16.6. The SMILES string of the molecule is CC1CN(C(=O)C2CCN(C(=O)C(F)(F)F)CC2)CC(C)N1CCN(C)C. The molecule has 0 bridgehead atoms. The summed E-state index contributed by atoms with van der Waals surface area (Å²) in [6.07, 6.45) is -4.25. The molecule has 2 unspecified atom stereocenters. The number of hydrogen-bond acceptors (Lipinski definition) is 4. The van der Waals surface area contributed by atoms with Crippen molar-refractivity contribution in [1.82, 2.24) is 19.6 Å². The van der Waals surface area contributed by atoms with E-state index in [2.05, 4.69) is 23.6 Å². The highest BCUT2D eigenvalue weighted by Gasteiger charge is 2.44. The first-order chi connectivity index (χ1) is 12.5. The molecule has 6 nitrogen and oxygen atoms in total. The zero-order valence-corrected chi connectivity index (χ0v) is 16.6. The van der Waals surface area contributed by atoms with E-state index in [4.69, 9.17) is 0 Å². The molecular formula is C18H31F3N4O2. The van der Waals surface area contributed by atoms with Gasteiger partial charge in [-0.3, -0.25) is 14.5 Å². The van der Waals surface area contributed by atoms with Gasteiger partial charge in [-0.2, -0.15) is 13.2 Å². The average molecular weight is 392 g/mol. The number of likely N-dealkylation sites (tertiary alicyclic amines) is 1. The molecule has 0 aromatic heterocycles. The van der Waals surface area contributed by atoms with Gasteiger partial charge in [-0.15, -0.1) is 0 Å². The topological polar surface area (TPSA) is 47.1 Å². The summed E-state index contributed by atoms with van der Waals surface area (Å²) in [6.45, 7) is 7.36. The second kappa shape index (κ2) is 8.77. The lowest BCUT2D eigenvalue weighted by Crippen LogP contribution is -2.60. The lowest BCUT2D eigenvalue weighted by molar-refractivity contribution is -0.187. The van der Waals surface area contributed by atoms with Crippen molar-refractivity contribution in [2.45, 2.75) is 44.9 Å². The molecule has 0 radical (unpaired) electrons. The molecule has 2 rings (SSSR count). The fourth-order valence-corrected chi connectivity index (χ4v) is 4.06. The van der Waals surface area contributed by atoms with Crippen LogP contribution in [0, 0.1) is 5.92 Å². The van der Waals surface area contributed by atoms with Gasteiger partial charge in [0.1, 0.15) is 0 Å². The van der Waals surface area contributed by atoms with Crippen molar-refractivity contribution in [2.24, 2.45) is 5.92 Å². The van der Waals surface area contributed by atoms with Crippen LogP contribution in [0.2, 0.25) is 0 Å². The number of halogens is 3. The number of hydrogen-bond donors (Lipinski definition) is 0. The van der Waals surface area contributed by atoms with E-state index in [9.17, 15) is 22.8 Å². The fourth-order valence-electron chi connectivity index (χ4n) is 4.06. The normalized spacial score (nSPS) is 25.9. The standard InChI is InChI=1S/C18H31F3N4O2/c1-13-11-24(12-14(2)25(13)10-9-22(3)4)16(26)15-5-7-23(8-6-15)17(27)18(19,20)21/h13-15H,5-12H2,1-4H3. The zero-order chi connectivity index (χ0) is 20.4. The first-order valence-corrected chi connectivity index (χ1v) is 9.56. The summed E-state index contributed by atoms with van der Waals surface area (Å²) in [5.74, 6) is -2.08. The van der Waals surface area contributed by atoms with E-state index in [1.54, 1.807) is 0 Å². The minimum atomic E-state index is -4.84. The Morgan fingerprint density at radius 1 is 1.00 bits per heavy atom. The first kappa shape index (κ1) is 21.9. The molecule has 0 aromatic carbocycles. The second-order valence-corrected chi connectivity index (χ2v) is 8.05. The van der Waals surface area contributed by atoms with E-state index in [0.717, 1.165) is 18.0 Å². The maximum atomic E-state index is 12.9. The highest BCUT2D eigenvalue weighted by molar-refractivity contribution is 5.83. The average Bonchev–Trinajstić information content (AvgIpc) is 2.58. The van der Waals surface area contributed by atoms with Gasteiger partial charge >= 0.3 is 12.1 Å². The third-order valence-corrected chi connectivity index (χ3v) is 5.59. The molecule has 2 heterocycles. The summed E-state index contributed by atoms with van der Waals surface area (Å²) >= 11 is 0. The smallest absolute Gasteiger partial charge is 0.339 e. The van der Waals surface area contributed by atoms with Crippen LogP contribution in [0.25, 0.3) is 0 Å². The van der Waals surface area contributed by atoms with Gasteiger partial charge in [0.05, 0.1) is 0 Å². The molecule has 27 heavy (non-hydrogen) atoms. The Bertz CT molecular complexity index is 521. The molecular weight excluding hydrogens is 361 g/mol.